The van der Waals surface area contributed by atoms with Crippen molar-refractivity contribution in [1.82, 2.24) is 19.9 Å². The number of hydrogen-bond acceptors (Lipinski definition) is 3. The lowest BCUT2D eigenvalue weighted by molar-refractivity contribution is 0.764. The molecule has 4 nitrogen and oxygen atoms in total. The highest BCUT2D eigenvalue weighted by Crippen LogP contribution is 2.02. The van der Waals surface area contributed by atoms with Gasteiger partial charge in [0.15, 0.2) is 0 Å². The van der Waals surface area contributed by atoms with Gasteiger partial charge in [0.05, 0.1) is 18.6 Å². The summed E-state index contributed by atoms with van der Waals surface area (Å²) in [6, 6.07) is 4.14. The molecule has 0 aliphatic rings. The molecule has 0 saturated carbocycles. The van der Waals surface area contributed by atoms with Crippen molar-refractivity contribution in [2.45, 2.75) is 13.1 Å². The quantitative estimate of drug-likeness (QED) is 0.805. The van der Waals surface area contributed by atoms with Crippen LogP contribution < -0.4 is 5.32 Å². The minimum atomic E-state index is 0.778. The Labute approximate surface area is 89.0 Å². The maximum absolute atomic E-state index is 4.38. The smallest absolute Gasteiger partial charge is 0.0949 e. The second-order valence-electron chi connectivity index (χ2n) is 3.42. The van der Waals surface area contributed by atoms with E-state index in [-0.39, 0.29) is 0 Å². The first-order chi connectivity index (χ1) is 7.38. The average molecular weight is 202 g/mol. The Morgan fingerprint density at radius 1 is 1.40 bits per heavy atom. The Bertz CT molecular complexity index is 391. The van der Waals surface area contributed by atoms with Crippen molar-refractivity contribution in [2.24, 2.45) is 0 Å². The molecule has 2 rings (SSSR count). The van der Waals surface area contributed by atoms with E-state index in [1.807, 2.05) is 30.1 Å². The lowest BCUT2D eigenvalue weighted by Crippen LogP contribution is -2.06. The van der Waals surface area contributed by atoms with E-state index < -0.39 is 0 Å². The molecule has 0 unspecified atom stereocenters. The zero-order valence-corrected chi connectivity index (χ0v) is 8.72. The fraction of sp³-hybridized carbons (Fsp3) is 0.273. The van der Waals surface area contributed by atoms with E-state index in [0.717, 1.165) is 18.8 Å². The summed E-state index contributed by atoms with van der Waals surface area (Å²) in [6.45, 7) is 1.64. The van der Waals surface area contributed by atoms with E-state index >= 15 is 0 Å². The van der Waals surface area contributed by atoms with Gasteiger partial charge in [-0.25, -0.2) is 4.98 Å². The van der Waals surface area contributed by atoms with Crippen LogP contribution in [0.5, 0.6) is 0 Å². The van der Waals surface area contributed by atoms with Gasteiger partial charge in [0.25, 0.3) is 0 Å². The van der Waals surface area contributed by atoms with Crippen molar-refractivity contribution in [3.63, 3.8) is 0 Å². The summed E-state index contributed by atoms with van der Waals surface area (Å²) in [5, 5.41) is 3.09. The van der Waals surface area contributed by atoms with E-state index in [9.17, 15) is 0 Å². The number of nitrogens with one attached hydrogen (secondary N) is 1. The molecule has 0 bridgehead atoms. The third-order valence-electron chi connectivity index (χ3n) is 2.17. The molecule has 15 heavy (non-hydrogen) atoms. The topological polar surface area (TPSA) is 42.7 Å². The highest BCUT2D eigenvalue weighted by molar-refractivity contribution is 5.14. The third-order valence-corrected chi connectivity index (χ3v) is 2.17. The molecule has 2 aromatic heterocycles. The van der Waals surface area contributed by atoms with Crippen molar-refractivity contribution in [3.05, 3.63) is 48.3 Å². The molecule has 0 radical (unpaired) electrons. The summed E-state index contributed by atoms with van der Waals surface area (Å²) in [7, 11) is 1.93. The molecule has 2 aromatic rings. The van der Waals surface area contributed by atoms with Crippen LogP contribution in [0.25, 0.3) is 0 Å². The van der Waals surface area contributed by atoms with Gasteiger partial charge in [-0.2, -0.15) is 0 Å². The lowest BCUT2D eigenvalue weighted by atomic mass is 10.2. The van der Waals surface area contributed by atoms with Crippen molar-refractivity contribution >= 4 is 0 Å². The summed E-state index contributed by atoms with van der Waals surface area (Å²) in [4.78, 5) is 8.37. The van der Waals surface area contributed by atoms with Gasteiger partial charge < -0.3 is 9.88 Å². The predicted molar refractivity (Wildman–Crippen MR) is 58.3 cm³/mol. The second kappa shape index (κ2) is 4.70. The van der Waals surface area contributed by atoms with Crippen molar-refractivity contribution < 1.29 is 0 Å². The maximum Gasteiger partial charge on any atom is 0.0949 e. The van der Waals surface area contributed by atoms with Crippen molar-refractivity contribution in [1.29, 1.82) is 0 Å². The molecule has 0 aliphatic heterocycles. The van der Waals surface area contributed by atoms with E-state index in [2.05, 4.69) is 21.4 Å². The monoisotopic (exact) mass is 202 g/mol. The normalized spacial score (nSPS) is 10.5. The fourth-order valence-corrected chi connectivity index (χ4v) is 1.42. The van der Waals surface area contributed by atoms with Gasteiger partial charge in [-0.05, 0) is 18.7 Å². The molecule has 0 amide bonds. The zero-order valence-electron chi connectivity index (χ0n) is 8.72. The molecule has 78 valence electrons. The Balaban J connectivity index is 2.04. The van der Waals surface area contributed by atoms with E-state index in [4.69, 9.17) is 0 Å². The molecule has 4 heteroatoms. The standard InChI is InChI=1S/C11H14N4/c1-12-6-10-2-3-11(14-7-10)8-15-5-4-13-9-15/h2-5,7,9,12H,6,8H2,1H3. The molecule has 2 heterocycles. The van der Waals surface area contributed by atoms with Gasteiger partial charge in [-0.1, -0.05) is 6.07 Å². The van der Waals surface area contributed by atoms with Gasteiger partial charge >= 0.3 is 0 Å². The second-order valence-corrected chi connectivity index (χ2v) is 3.42. The number of nitrogens with zero attached hydrogens (tertiary/aromatic N) is 3. The van der Waals surface area contributed by atoms with Crippen LogP contribution in [0.4, 0.5) is 0 Å². The SMILES string of the molecule is CNCc1ccc(Cn2ccnc2)nc1. The average Bonchev–Trinajstić information content (AvgIpc) is 2.74. The summed E-state index contributed by atoms with van der Waals surface area (Å²) in [5.74, 6) is 0. The highest BCUT2D eigenvalue weighted by Gasteiger charge is 1.96. The van der Waals surface area contributed by atoms with E-state index in [1.165, 1.54) is 5.56 Å². The maximum atomic E-state index is 4.38. The zero-order chi connectivity index (χ0) is 10.5. The molecule has 0 saturated heterocycles. The molecule has 0 aliphatic carbocycles. The van der Waals surface area contributed by atoms with Gasteiger partial charge in [0.1, 0.15) is 0 Å². The van der Waals surface area contributed by atoms with Crippen molar-refractivity contribution in [3.8, 4) is 0 Å². The van der Waals surface area contributed by atoms with Crippen LogP contribution in [0, 0.1) is 0 Å². The Kier molecular flexibility index (Phi) is 3.09. The molecule has 0 aromatic carbocycles. The lowest BCUT2D eigenvalue weighted by Gasteiger charge is -2.03. The number of rotatable bonds is 4. The summed E-state index contributed by atoms with van der Waals surface area (Å²) in [6.07, 6.45) is 7.41. The first-order valence-electron chi connectivity index (χ1n) is 4.92. The number of aromatic nitrogens is 3. The van der Waals surface area contributed by atoms with Crippen LogP contribution in [0.3, 0.4) is 0 Å². The Morgan fingerprint density at radius 2 is 2.33 bits per heavy atom. The molecule has 0 fully saturated rings. The highest BCUT2D eigenvalue weighted by atomic mass is 15.0. The molecular formula is C11H14N4. The van der Waals surface area contributed by atoms with Gasteiger partial charge in [-0.3, -0.25) is 4.98 Å². The fourth-order valence-electron chi connectivity index (χ4n) is 1.42. The van der Waals surface area contributed by atoms with Crippen LogP contribution in [0.2, 0.25) is 0 Å². The Hall–Kier alpha value is -1.68. The molecule has 0 spiro atoms. The van der Waals surface area contributed by atoms with Gasteiger partial charge in [0.2, 0.25) is 0 Å². The van der Waals surface area contributed by atoms with Crippen LogP contribution in [-0.2, 0) is 13.1 Å². The van der Waals surface area contributed by atoms with Crippen LogP contribution >= 0.6 is 0 Å². The van der Waals surface area contributed by atoms with Crippen LogP contribution in [0.15, 0.2) is 37.1 Å². The molecule has 0 atom stereocenters. The van der Waals surface area contributed by atoms with Crippen LogP contribution in [0.1, 0.15) is 11.3 Å². The summed E-state index contributed by atoms with van der Waals surface area (Å²) >= 11 is 0. The number of pyridine rings is 1. The number of imidazole rings is 1. The minimum Gasteiger partial charge on any atom is -0.331 e. The third kappa shape index (κ3) is 2.63. The predicted octanol–water partition coefficient (Wildman–Crippen LogP) is 1.05. The Morgan fingerprint density at radius 3 is 2.93 bits per heavy atom. The first-order valence-corrected chi connectivity index (χ1v) is 4.92. The molecule has 1 N–H and O–H groups in total. The minimum absolute atomic E-state index is 0.778. The van der Waals surface area contributed by atoms with E-state index in [1.54, 1.807) is 12.5 Å². The molecular weight excluding hydrogens is 188 g/mol. The van der Waals surface area contributed by atoms with E-state index in [0.29, 0.717) is 0 Å². The van der Waals surface area contributed by atoms with Crippen molar-refractivity contribution in [2.75, 3.05) is 7.05 Å². The number of hydrogen-bond donors (Lipinski definition) is 1. The van der Waals surface area contributed by atoms with Gasteiger partial charge in [0, 0.05) is 25.1 Å². The largest absolute Gasteiger partial charge is 0.331 e. The first kappa shape index (κ1) is 9.86. The van der Waals surface area contributed by atoms with Crippen LogP contribution in [-0.4, -0.2) is 21.6 Å². The van der Waals surface area contributed by atoms with Gasteiger partial charge in [-0.15, -0.1) is 0 Å². The summed E-state index contributed by atoms with van der Waals surface area (Å²) < 4.78 is 2.00. The summed E-state index contributed by atoms with van der Waals surface area (Å²) in [5.41, 5.74) is 2.25.